The monoisotopic (exact) mass is 280 g/mol. The highest BCUT2D eigenvalue weighted by atomic mass is 16.5. The van der Waals surface area contributed by atoms with Gasteiger partial charge in [-0.15, -0.1) is 0 Å². The lowest BCUT2D eigenvalue weighted by Crippen LogP contribution is -2.46. The van der Waals surface area contributed by atoms with Gasteiger partial charge in [0.15, 0.2) is 0 Å². The predicted octanol–water partition coefficient (Wildman–Crippen LogP) is 0.923. The van der Waals surface area contributed by atoms with Crippen LogP contribution in [-0.4, -0.2) is 43.9 Å². The van der Waals surface area contributed by atoms with E-state index in [1.807, 2.05) is 19.1 Å². The van der Waals surface area contributed by atoms with Crippen molar-refractivity contribution in [1.29, 1.82) is 0 Å². The molecule has 112 valence electrons. The van der Waals surface area contributed by atoms with E-state index in [0.29, 0.717) is 25.1 Å². The summed E-state index contributed by atoms with van der Waals surface area (Å²) >= 11 is 0. The molecule has 0 fully saturated rings. The minimum atomic E-state index is -0.261. The van der Waals surface area contributed by atoms with Crippen LogP contribution in [-0.2, 0) is 11.3 Å². The van der Waals surface area contributed by atoms with Crippen molar-refractivity contribution in [3.8, 4) is 0 Å². The van der Waals surface area contributed by atoms with Crippen molar-refractivity contribution in [3.63, 3.8) is 0 Å². The van der Waals surface area contributed by atoms with E-state index in [9.17, 15) is 4.79 Å². The van der Waals surface area contributed by atoms with Crippen molar-refractivity contribution in [2.45, 2.75) is 25.4 Å². The van der Waals surface area contributed by atoms with E-state index in [1.54, 1.807) is 26.3 Å². The number of amides is 1. The van der Waals surface area contributed by atoms with Crippen molar-refractivity contribution in [3.05, 3.63) is 35.4 Å². The number of benzene rings is 1. The Morgan fingerprint density at radius 3 is 2.50 bits per heavy atom. The first kappa shape index (κ1) is 16.6. The largest absolute Gasteiger partial charge is 0.396 e. The summed E-state index contributed by atoms with van der Waals surface area (Å²) in [5.41, 5.74) is 1.47. The molecule has 1 unspecified atom stereocenters. The van der Waals surface area contributed by atoms with Crippen molar-refractivity contribution in [2.75, 3.05) is 27.4 Å². The van der Waals surface area contributed by atoms with Gasteiger partial charge in [-0.05, 0) is 31.0 Å². The van der Waals surface area contributed by atoms with Crippen molar-refractivity contribution in [2.24, 2.45) is 0 Å². The third-order valence-corrected chi connectivity index (χ3v) is 3.29. The molecular weight excluding hydrogens is 256 g/mol. The summed E-state index contributed by atoms with van der Waals surface area (Å²) in [6.07, 6.45) is 0.622. The number of aliphatic hydroxyl groups excluding tert-OH is 1. The highest BCUT2D eigenvalue weighted by Crippen LogP contribution is 2.12. The van der Waals surface area contributed by atoms with Crippen LogP contribution in [0.3, 0.4) is 0 Å². The van der Waals surface area contributed by atoms with Gasteiger partial charge in [0, 0.05) is 38.4 Å². The van der Waals surface area contributed by atoms with E-state index in [0.717, 1.165) is 5.56 Å². The normalized spacial score (nSPS) is 13.8. The summed E-state index contributed by atoms with van der Waals surface area (Å²) < 4.78 is 5.19. The zero-order valence-corrected chi connectivity index (χ0v) is 12.4. The van der Waals surface area contributed by atoms with Crippen LogP contribution in [0.4, 0.5) is 0 Å². The molecule has 0 aliphatic heterocycles. The zero-order valence-electron chi connectivity index (χ0n) is 12.4. The topological polar surface area (TPSA) is 70.6 Å². The summed E-state index contributed by atoms with van der Waals surface area (Å²) in [6, 6.07) is 7.44. The first-order chi connectivity index (χ1) is 9.54. The number of aliphatic hydroxyl groups is 1. The first-order valence-electron chi connectivity index (χ1n) is 6.70. The molecule has 0 spiro atoms. The molecule has 0 aliphatic carbocycles. The van der Waals surface area contributed by atoms with Crippen molar-refractivity contribution < 1.29 is 14.6 Å². The summed E-state index contributed by atoms with van der Waals surface area (Å²) in [5.74, 6) is -0.0889. The number of nitrogens with one attached hydrogen (secondary N) is 2. The average molecular weight is 280 g/mol. The van der Waals surface area contributed by atoms with Gasteiger partial charge in [-0.1, -0.05) is 12.1 Å². The van der Waals surface area contributed by atoms with Gasteiger partial charge in [-0.3, -0.25) is 4.79 Å². The smallest absolute Gasteiger partial charge is 0.251 e. The lowest BCUT2D eigenvalue weighted by atomic mass is 9.99. The highest BCUT2D eigenvalue weighted by Gasteiger charge is 2.22. The van der Waals surface area contributed by atoms with E-state index >= 15 is 0 Å². The molecule has 1 amide bonds. The molecule has 0 aromatic heterocycles. The predicted molar refractivity (Wildman–Crippen MR) is 78.7 cm³/mol. The molecule has 1 rings (SSSR count). The van der Waals surface area contributed by atoms with Crippen LogP contribution in [0.1, 0.15) is 29.3 Å². The number of ether oxygens (including phenoxy) is 1. The minimum absolute atomic E-state index is 0.0889. The number of hydrogen-bond acceptors (Lipinski definition) is 4. The lowest BCUT2D eigenvalue weighted by Gasteiger charge is -2.29. The first-order valence-corrected chi connectivity index (χ1v) is 6.70. The van der Waals surface area contributed by atoms with Crippen LogP contribution in [0.5, 0.6) is 0 Å². The molecule has 3 N–H and O–H groups in total. The average Bonchev–Trinajstić information content (AvgIpc) is 2.45. The fraction of sp³-hybridized carbons (Fsp3) is 0.533. The summed E-state index contributed by atoms with van der Waals surface area (Å²) in [4.78, 5) is 11.4. The molecule has 5 heteroatoms. The molecular formula is C15H24N2O3. The van der Waals surface area contributed by atoms with Crippen LogP contribution in [0.2, 0.25) is 0 Å². The molecule has 1 atom stereocenters. The van der Waals surface area contributed by atoms with E-state index in [4.69, 9.17) is 9.84 Å². The van der Waals surface area contributed by atoms with Crippen LogP contribution in [0, 0.1) is 0 Å². The van der Waals surface area contributed by atoms with Gasteiger partial charge < -0.3 is 20.5 Å². The third kappa shape index (κ3) is 4.92. The number of rotatable bonds is 8. The standard InChI is InChI=1S/C15H24N2O3/c1-15(8-9-18,11-20-3)17-10-12-4-6-13(7-5-12)14(19)16-2/h4-7,17-18H,8-11H2,1-3H3,(H,16,19). The Kier molecular flexibility index (Phi) is 6.64. The van der Waals surface area contributed by atoms with Crippen LogP contribution < -0.4 is 10.6 Å². The van der Waals surface area contributed by atoms with Gasteiger partial charge in [0.05, 0.1) is 6.61 Å². The lowest BCUT2D eigenvalue weighted by molar-refractivity contribution is 0.0961. The second-order valence-electron chi connectivity index (χ2n) is 5.10. The Bertz CT molecular complexity index is 412. The van der Waals surface area contributed by atoms with Gasteiger partial charge in [0.1, 0.15) is 0 Å². The van der Waals surface area contributed by atoms with E-state index in [2.05, 4.69) is 10.6 Å². The fourth-order valence-corrected chi connectivity index (χ4v) is 2.01. The molecule has 5 nitrogen and oxygen atoms in total. The third-order valence-electron chi connectivity index (χ3n) is 3.29. The van der Waals surface area contributed by atoms with Gasteiger partial charge >= 0.3 is 0 Å². The molecule has 0 saturated heterocycles. The minimum Gasteiger partial charge on any atom is -0.396 e. The molecule has 1 aromatic carbocycles. The fourth-order valence-electron chi connectivity index (χ4n) is 2.01. The molecule has 0 aliphatic rings. The summed E-state index contributed by atoms with van der Waals surface area (Å²) in [7, 11) is 3.26. The molecule has 0 bridgehead atoms. The van der Waals surface area contributed by atoms with E-state index < -0.39 is 0 Å². The number of carbonyl (C=O) groups is 1. The molecule has 20 heavy (non-hydrogen) atoms. The maximum absolute atomic E-state index is 11.4. The van der Waals surface area contributed by atoms with Gasteiger partial charge in [0.25, 0.3) is 5.91 Å². The maximum atomic E-state index is 11.4. The van der Waals surface area contributed by atoms with Crippen molar-refractivity contribution in [1.82, 2.24) is 10.6 Å². The quantitative estimate of drug-likeness (QED) is 0.662. The van der Waals surface area contributed by atoms with E-state index in [-0.39, 0.29) is 18.1 Å². The van der Waals surface area contributed by atoms with Crippen LogP contribution in [0.25, 0.3) is 0 Å². The second-order valence-corrected chi connectivity index (χ2v) is 5.10. The van der Waals surface area contributed by atoms with Crippen molar-refractivity contribution >= 4 is 5.91 Å². The summed E-state index contributed by atoms with van der Waals surface area (Å²) in [5, 5.41) is 15.1. The highest BCUT2D eigenvalue weighted by molar-refractivity contribution is 5.93. The molecule has 0 radical (unpaired) electrons. The summed E-state index contributed by atoms with van der Waals surface area (Å²) in [6.45, 7) is 3.33. The van der Waals surface area contributed by atoms with Gasteiger partial charge in [-0.2, -0.15) is 0 Å². The van der Waals surface area contributed by atoms with E-state index in [1.165, 1.54) is 0 Å². The Morgan fingerprint density at radius 1 is 1.35 bits per heavy atom. The Morgan fingerprint density at radius 2 is 2.00 bits per heavy atom. The van der Waals surface area contributed by atoms with Gasteiger partial charge in [-0.25, -0.2) is 0 Å². The zero-order chi connectivity index (χ0) is 15.0. The maximum Gasteiger partial charge on any atom is 0.251 e. The molecule has 0 saturated carbocycles. The van der Waals surface area contributed by atoms with Crippen LogP contribution >= 0.6 is 0 Å². The van der Waals surface area contributed by atoms with Gasteiger partial charge in [0.2, 0.25) is 0 Å². The molecule has 0 heterocycles. The second kappa shape index (κ2) is 7.99. The molecule has 1 aromatic rings. The number of hydrogen-bond donors (Lipinski definition) is 3. The van der Waals surface area contributed by atoms with Crippen LogP contribution in [0.15, 0.2) is 24.3 Å². The SMILES string of the molecule is CNC(=O)c1ccc(CNC(C)(CCO)COC)cc1. The number of methoxy groups -OCH3 is 1. The Balaban J connectivity index is 2.62. The Hall–Kier alpha value is -1.43. The number of carbonyl (C=O) groups excluding carboxylic acids is 1. The Labute approximate surface area is 120 Å².